The van der Waals surface area contributed by atoms with Crippen LogP contribution in [0, 0.1) is 0 Å². The van der Waals surface area contributed by atoms with Crippen LogP contribution in [0.15, 0.2) is 47.3 Å². The minimum absolute atomic E-state index is 0.128. The van der Waals surface area contributed by atoms with Crippen LogP contribution in [0.1, 0.15) is 28.7 Å². The first-order valence-electron chi connectivity index (χ1n) is 9.35. The number of ether oxygens (including phenoxy) is 1. The van der Waals surface area contributed by atoms with Crippen LogP contribution in [-0.2, 0) is 17.6 Å². The minimum Gasteiger partial charge on any atom is -0.467 e. The van der Waals surface area contributed by atoms with Gasteiger partial charge in [-0.3, -0.25) is 4.98 Å². The summed E-state index contributed by atoms with van der Waals surface area (Å²) in [6.45, 7) is 0.480. The van der Waals surface area contributed by atoms with Gasteiger partial charge in [-0.25, -0.2) is 9.97 Å². The number of methoxy groups -OCH3 is 1. The standard InChI is InChI=1S/C21H20N4O2S/c1-26-12-15(16-7-4-10-27-16)23-20-18-14-6-2-8-17(14)28-21(18)25-19(24-20)13-5-3-9-22-11-13/h3-5,7,9-11,15H,2,6,8,12H2,1H3,(H,23,24,25). The maximum atomic E-state index is 5.63. The number of nitrogens with zero attached hydrogens (tertiary/aromatic N) is 3. The van der Waals surface area contributed by atoms with Crippen LogP contribution in [0.5, 0.6) is 0 Å². The van der Waals surface area contributed by atoms with E-state index in [4.69, 9.17) is 19.1 Å². The molecule has 1 aliphatic carbocycles. The van der Waals surface area contributed by atoms with Crippen molar-refractivity contribution < 1.29 is 9.15 Å². The van der Waals surface area contributed by atoms with E-state index < -0.39 is 0 Å². The van der Waals surface area contributed by atoms with Crippen LogP contribution < -0.4 is 5.32 Å². The van der Waals surface area contributed by atoms with Crippen molar-refractivity contribution in [1.29, 1.82) is 0 Å². The number of nitrogens with one attached hydrogen (secondary N) is 1. The summed E-state index contributed by atoms with van der Waals surface area (Å²) in [5, 5.41) is 4.70. The summed E-state index contributed by atoms with van der Waals surface area (Å²) >= 11 is 1.78. The smallest absolute Gasteiger partial charge is 0.164 e. The van der Waals surface area contributed by atoms with E-state index in [9.17, 15) is 0 Å². The van der Waals surface area contributed by atoms with Crippen LogP contribution >= 0.6 is 11.3 Å². The first-order valence-corrected chi connectivity index (χ1v) is 10.2. The molecule has 1 N–H and O–H groups in total. The zero-order valence-electron chi connectivity index (χ0n) is 15.5. The number of hydrogen-bond donors (Lipinski definition) is 1. The van der Waals surface area contributed by atoms with Crippen LogP contribution in [0.25, 0.3) is 21.6 Å². The lowest BCUT2D eigenvalue weighted by atomic mass is 10.1. The van der Waals surface area contributed by atoms with Crippen molar-refractivity contribution in [2.75, 3.05) is 19.0 Å². The Bertz CT molecular complexity index is 1090. The van der Waals surface area contributed by atoms with E-state index in [0.29, 0.717) is 12.4 Å². The van der Waals surface area contributed by atoms with Gasteiger partial charge in [-0.1, -0.05) is 0 Å². The van der Waals surface area contributed by atoms with Gasteiger partial charge in [0, 0.05) is 29.9 Å². The molecule has 1 unspecified atom stereocenters. The van der Waals surface area contributed by atoms with E-state index >= 15 is 0 Å². The number of rotatable bonds is 6. The van der Waals surface area contributed by atoms with Crippen LogP contribution in [0.3, 0.4) is 0 Å². The molecule has 0 spiro atoms. The highest BCUT2D eigenvalue weighted by Crippen LogP contribution is 2.41. The van der Waals surface area contributed by atoms with Gasteiger partial charge in [0.25, 0.3) is 0 Å². The highest BCUT2D eigenvalue weighted by atomic mass is 32.1. The van der Waals surface area contributed by atoms with Crippen molar-refractivity contribution in [2.45, 2.75) is 25.3 Å². The van der Waals surface area contributed by atoms with Crippen molar-refractivity contribution in [3.8, 4) is 11.4 Å². The summed E-state index contributed by atoms with van der Waals surface area (Å²) in [6.07, 6.45) is 8.63. The monoisotopic (exact) mass is 392 g/mol. The molecule has 1 aliphatic rings. The average Bonchev–Trinajstić information content (AvgIpc) is 3.45. The van der Waals surface area contributed by atoms with Gasteiger partial charge < -0.3 is 14.5 Å². The van der Waals surface area contributed by atoms with Crippen LogP contribution in [0.2, 0.25) is 0 Å². The summed E-state index contributed by atoms with van der Waals surface area (Å²) in [6, 6.07) is 7.60. The third kappa shape index (κ3) is 3.06. The first-order chi connectivity index (χ1) is 13.8. The van der Waals surface area contributed by atoms with Crippen molar-refractivity contribution in [2.24, 2.45) is 0 Å². The number of pyridine rings is 1. The normalized spacial score (nSPS) is 14.3. The van der Waals surface area contributed by atoms with Gasteiger partial charge in [-0.15, -0.1) is 11.3 Å². The molecule has 0 fully saturated rings. The fourth-order valence-corrected chi connectivity index (χ4v) is 5.00. The Morgan fingerprint density at radius 3 is 3.00 bits per heavy atom. The minimum atomic E-state index is -0.128. The molecule has 0 saturated carbocycles. The molecule has 0 aliphatic heterocycles. The van der Waals surface area contributed by atoms with Crippen molar-refractivity contribution in [1.82, 2.24) is 15.0 Å². The number of aromatic nitrogens is 3. The maximum Gasteiger partial charge on any atom is 0.164 e. The average molecular weight is 392 g/mol. The maximum absolute atomic E-state index is 5.63. The fraction of sp³-hybridized carbons (Fsp3) is 0.286. The Morgan fingerprint density at radius 1 is 1.25 bits per heavy atom. The number of furan rings is 1. The lowest BCUT2D eigenvalue weighted by Crippen LogP contribution is -2.17. The summed E-state index contributed by atoms with van der Waals surface area (Å²) < 4.78 is 11.1. The van der Waals surface area contributed by atoms with Gasteiger partial charge in [-0.2, -0.15) is 0 Å². The molecular formula is C21H20N4O2S. The summed E-state index contributed by atoms with van der Waals surface area (Å²) in [5.41, 5.74) is 2.29. The molecule has 4 heterocycles. The number of thiophene rings is 1. The molecule has 1 atom stereocenters. The molecule has 0 radical (unpaired) electrons. The molecule has 0 bridgehead atoms. The lowest BCUT2D eigenvalue weighted by molar-refractivity contribution is 0.178. The second kappa shape index (κ2) is 7.33. The summed E-state index contributed by atoms with van der Waals surface area (Å²) in [7, 11) is 1.69. The highest BCUT2D eigenvalue weighted by molar-refractivity contribution is 7.19. The molecule has 7 heteroatoms. The van der Waals surface area contributed by atoms with Gasteiger partial charge >= 0.3 is 0 Å². The molecule has 4 aromatic heterocycles. The van der Waals surface area contributed by atoms with Gasteiger partial charge in [-0.05, 0) is 49.1 Å². The third-order valence-electron chi connectivity index (χ3n) is 5.02. The number of aryl methyl sites for hydroxylation is 2. The molecule has 0 saturated heterocycles. The van der Waals surface area contributed by atoms with E-state index in [2.05, 4.69) is 10.3 Å². The fourth-order valence-electron chi connectivity index (χ4n) is 3.74. The zero-order valence-corrected chi connectivity index (χ0v) is 16.3. The van der Waals surface area contributed by atoms with Crippen molar-refractivity contribution in [3.63, 3.8) is 0 Å². The predicted molar refractivity (Wildman–Crippen MR) is 110 cm³/mol. The van der Waals surface area contributed by atoms with Crippen LogP contribution in [-0.4, -0.2) is 28.7 Å². The second-order valence-electron chi connectivity index (χ2n) is 6.84. The molecule has 6 nitrogen and oxygen atoms in total. The van der Waals surface area contributed by atoms with E-state index in [1.165, 1.54) is 16.9 Å². The van der Waals surface area contributed by atoms with E-state index in [-0.39, 0.29) is 6.04 Å². The lowest BCUT2D eigenvalue weighted by Gasteiger charge is -2.18. The Hall–Kier alpha value is -2.77. The van der Waals surface area contributed by atoms with Gasteiger partial charge in [0.1, 0.15) is 22.5 Å². The first kappa shape index (κ1) is 17.3. The number of hydrogen-bond acceptors (Lipinski definition) is 7. The summed E-state index contributed by atoms with van der Waals surface area (Å²) in [4.78, 5) is 16.4. The van der Waals surface area contributed by atoms with Gasteiger partial charge in [0.2, 0.25) is 0 Å². The highest BCUT2D eigenvalue weighted by Gasteiger charge is 2.25. The Balaban J connectivity index is 1.65. The van der Waals surface area contributed by atoms with Crippen LogP contribution in [0.4, 0.5) is 5.82 Å². The van der Waals surface area contributed by atoms with Gasteiger partial charge in [0.15, 0.2) is 5.82 Å². The molecule has 5 rings (SSSR count). The van der Waals surface area contributed by atoms with E-state index in [0.717, 1.165) is 40.2 Å². The molecule has 0 amide bonds. The molecule has 4 aromatic rings. The molecule has 28 heavy (non-hydrogen) atoms. The number of anilines is 1. The quantitative estimate of drug-likeness (QED) is 0.516. The Morgan fingerprint density at radius 2 is 2.21 bits per heavy atom. The van der Waals surface area contributed by atoms with Crippen molar-refractivity contribution >= 4 is 27.4 Å². The second-order valence-corrected chi connectivity index (χ2v) is 7.93. The predicted octanol–water partition coefficient (Wildman–Crippen LogP) is 4.63. The third-order valence-corrected chi connectivity index (χ3v) is 6.20. The largest absolute Gasteiger partial charge is 0.467 e. The van der Waals surface area contributed by atoms with Crippen molar-refractivity contribution in [3.05, 3.63) is 59.1 Å². The topological polar surface area (TPSA) is 73.1 Å². The Kier molecular flexibility index (Phi) is 4.54. The number of fused-ring (bicyclic) bond motifs is 3. The SMILES string of the molecule is COCC(Nc1nc(-c2cccnc2)nc2sc3c(c12)CCC3)c1ccco1. The molecule has 0 aromatic carbocycles. The molecule has 142 valence electrons. The summed E-state index contributed by atoms with van der Waals surface area (Å²) in [5.74, 6) is 2.34. The van der Waals surface area contributed by atoms with E-state index in [1.54, 1.807) is 37.1 Å². The molecular weight excluding hydrogens is 372 g/mol. The Labute approximate surface area is 166 Å². The van der Waals surface area contributed by atoms with Gasteiger partial charge in [0.05, 0.1) is 18.3 Å². The van der Waals surface area contributed by atoms with E-state index in [1.807, 2.05) is 24.3 Å². The zero-order chi connectivity index (χ0) is 18.9.